The first-order valence-corrected chi connectivity index (χ1v) is 14.4. The van der Waals surface area contributed by atoms with Crippen LogP contribution in [0, 0.1) is 5.92 Å². The highest BCUT2D eigenvalue weighted by molar-refractivity contribution is 6.33. The summed E-state index contributed by atoms with van der Waals surface area (Å²) in [5.74, 6) is -0.823. The predicted molar refractivity (Wildman–Crippen MR) is 158 cm³/mol. The van der Waals surface area contributed by atoms with Gasteiger partial charge in [0.05, 0.1) is 10.9 Å². The maximum atomic E-state index is 13.4. The molecule has 10 nitrogen and oxygen atoms in total. The van der Waals surface area contributed by atoms with Crippen molar-refractivity contribution in [2.45, 2.75) is 31.3 Å². The van der Waals surface area contributed by atoms with Gasteiger partial charge in [0.25, 0.3) is 0 Å². The first kappa shape index (κ1) is 28.0. The van der Waals surface area contributed by atoms with Gasteiger partial charge < -0.3 is 29.2 Å². The highest BCUT2D eigenvalue weighted by atomic mass is 35.5. The molecule has 0 bridgehead atoms. The number of piperidine rings is 2. The van der Waals surface area contributed by atoms with Gasteiger partial charge >= 0.3 is 5.97 Å². The Bertz CT molecular complexity index is 1670. The third-order valence-corrected chi connectivity index (χ3v) is 8.53. The second-order valence-electron chi connectivity index (χ2n) is 10.9. The smallest absolute Gasteiger partial charge is 0.309 e. The maximum Gasteiger partial charge on any atom is 0.309 e. The third-order valence-electron chi connectivity index (χ3n) is 8.20. The second-order valence-corrected chi connectivity index (χ2v) is 11.3. The number of rotatable bonds is 5. The predicted octanol–water partition coefficient (Wildman–Crippen LogP) is 4.56. The number of likely N-dealkylation sites (tertiary alicyclic amines) is 1. The fourth-order valence-electron chi connectivity index (χ4n) is 6.01. The molecule has 4 heterocycles. The molecule has 2 aromatic heterocycles. The molecule has 0 unspecified atom stereocenters. The summed E-state index contributed by atoms with van der Waals surface area (Å²) in [6.07, 6.45) is 4.53. The van der Waals surface area contributed by atoms with Gasteiger partial charge in [-0.1, -0.05) is 23.7 Å². The number of likely N-dealkylation sites (N-methyl/N-ethyl adjacent to an activating group) is 1. The average molecular weight is 591 g/mol. The van der Waals surface area contributed by atoms with Crippen LogP contribution in [0.3, 0.4) is 0 Å². The topological polar surface area (TPSA) is 129 Å². The van der Waals surface area contributed by atoms with Crippen LogP contribution in [-0.2, 0) is 9.53 Å². The molecule has 11 heteroatoms. The molecule has 2 aliphatic heterocycles. The number of hydrogen-bond donors (Lipinski definition) is 2. The van der Waals surface area contributed by atoms with Crippen molar-refractivity contribution in [3.63, 3.8) is 0 Å². The minimum absolute atomic E-state index is 0.0434. The van der Waals surface area contributed by atoms with Gasteiger partial charge in [-0.2, -0.15) is 0 Å². The summed E-state index contributed by atoms with van der Waals surface area (Å²) in [4.78, 5) is 39.4. The molecular formula is C31H31ClN4O6. The normalized spacial score (nSPS) is 20.1. The molecule has 0 saturated carbocycles. The van der Waals surface area contributed by atoms with Gasteiger partial charge in [0.2, 0.25) is 5.95 Å². The van der Waals surface area contributed by atoms with E-state index in [4.69, 9.17) is 20.8 Å². The number of nitrogens with zero attached hydrogens (tertiary/aromatic N) is 4. The van der Waals surface area contributed by atoms with Crippen LogP contribution in [0.2, 0.25) is 5.02 Å². The van der Waals surface area contributed by atoms with E-state index in [1.807, 2.05) is 7.05 Å². The molecule has 0 radical (unpaired) electrons. The number of carbonyl (C=O) groups excluding carboxylic acids is 1. The number of carbonyl (C=O) groups is 1. The van der Waals surface area contributed by atoms with Crippen molar-refractivity contribution in [3.8, 4) is 22.8 Å². The Kier molecular flexibility index (Phi) is 7.74. The molecule has 6 rings (SSSR count). The monoisotopic (exact) mass is 590 g/mol. The third kappa shape index (κ3) is 5.39. The lowest BCUT2D eigenvalue weighted by Crippen LogP contribution is -2.45. The molecule has 2 N–H and O–H groups in total. The Balaban J connectivity index is 1.31. The SMILES string of the molecule is CN1CC[C@H](c2c(O)cc(O)c3c(=O)cc(-c4ccccc4Cl)oc23)[C@H](OC(=O)C2CCN(c3ncccn3)CC2)C1. The van der Waals surface area contributed by atoms with Gasteiger partial charge in [-0.05, 0) is 51.1 Å². The van der Waals surface area contributed by atoms with Crippen molar-refractivity contribution >= 4 is 34.5 Å². The average Bonchev–Trinajstić information content (AvgIpc) is 2.98. The Morgan fingerprint density at radius 1 is 1.02 bits per heavy atom. The standard InChI is InChI=1S/C31H31ClN4O6/c1-35-12-9-20(26(17-35)42-30(40)18-7-13-36(14-8-18)31-33-10-4-11-34-31)27-22(37)15-23(38)28-24(39)16-25(41-29(27)28)19-5-2-3-6-21(19)32/h2-6,10-11,15-16,18,20,26,37-38H,7-9,12-14,17H2,1H3/t20-,26+/m0/s1. The molecule has 2 atom stereocenters. The summed E-state index contributed by atoms with van der Waals surface area (Å²) in [7, 11) is 1.94. The van der Waals surface area contributed by atoms with Gasteiger partial charge in [0, 0.05) is 61.2 Å². The number of aromatic nitrogens is 2. The van der Waals surface area contributed by atoms with E-state index in [2.05, 4.69) is 19.8 Å². The largest absolute Gasteiger partial charge is 0.507 e. The van der Waals surface area contributed by atoms with Crippen LogP contribution in [0.5, 0.6) is 11.5 Å². The van der Waals surface area contributed by atoms with Crippen molar-refractivity contribution in [2.75, 3.05) is 38.1 Å². The van der Waals surface area contributed by atoms with E-state index in [1.54, 1.807) is 42.7 Å². The van der Waals surface area contributed by atoms with Crippen molar-refractivity contribution in [2.24, 2.45) is 5.92 Å². The second kappa shape index (κ2) is 11.6. The summed E-state index contributed by atoms with van der Waals surface area (Å²) >= 11 is 6.39. The summed E-state index contributed by atoms with van der Waals surface area (Å²) < 4.78 is 12.4. The highest BCUT2D eigenvalue weighted by Gasteiger charge is 2.38. The lowest BCUT2D eigenvalue weighted by Gasteiger charge is -2.38. The molecular weight excluding hydrogens is 560 g/mol. The van der Waals surface area contributed by atoms with E-state index in [-0.39, 0.29) is 40.1 Å². The number of esters is 1. The van der Waals surface area contributed by atoms with Crippen LogP contribution in [0.4, 0.5) is 5.95 Å². The molecule has 2 aromatic carbocycles. The van der Waals surface area contributed by atoms with Crippen molar-refractivity contribution in [1.29, 1.82) is 0 Å². The van der Waals surface area contributed by atoms with E-state index < -0.39 is 17.5 Å². The molecule has 0 spiro atoms. The number of halogens is 1. The fourth-order valence-corrected chi connectivity index (χ4v) is 6.24. The minimum Gasteiger partial charge on any atom is -0.507 e. The van der Waals surface area contributed by atoms with Crippen molar-refractivity contribution in [1.82, 2.24) is 14.9 Å². The molecule has 0 aliphatic carbocycles. The molecule has 2 fully saturated rings. The fraction of sp³-hybridized carbons (Fsp3) is 0.355. The number of phenolic OH excluding ortho intramolecular Hbond substituents is 2. The van der Waals surface area contributed by atoms with E-state index in [0.29, 0.717) is 67.5 Å². The van der Waals surface area contributed by atoms with Crippen LogP contribution in [0.1, 0.15) is 30.7 Å². The van der Waals surface area contributed by atoms with Gasteiger partial charge in [0.15, 0.2) is 5.43 Å². The zero-order valence-electron chi connectivity index (χ0n) is 23.1. The number of aromatic hydroxyl groups is 2. The number of hydrogen-bond acceptors (Lipinski definition) is 10. The number of anilines is 1. The summed E-state index contributed by atoms with van der Waals surface area (Å²) in [6.45, 7) is 2.38. The maximum absolute atomic E-state index is 13.4. The first-order valence-electron chi connectivity index (χ1n) is 14.0. The minimum atomic E-state index is -0.611. The lowest BCUT2D eigenvalue weighted by molar-refractivity contribution is -0.158. The zero-order valence-corrected chi connectivity index (χ0v) is 23.8. The van der Waals surface area contributed by atoms with E-state index in [1.165, 1.54) is 6.07 Å². The van der Waals surface area contributed by atoms with Crippen LogP contribution in [0.15, 0.2) is 64.1 Å². The van der Waals surface area contributed by atoms with Crippen LogP contribution < -0.4 is 10.3 Å². The number of fused-ring (bicyclic) bond motifs is 1. The van der Waals surface area contributed by atoms with Gasteiger partial charge in [0.1, 0.15) is 34.3 Å². The van der Waals surface area contributed by atoms with Crippen LogP contribution >= 0.6 is 11.6 Å². The molecule has 4 aromatic rings. The quantitative estimate of drug-likeness (QED) is 0.319. The summed E-state index contributed by atoms with van der Waals surface area (Å²) in [6, 6.07) is 11.2. The Labute approximate surface area is 247 Å². The van der Waals surface area contributed by atoms with Gasteiger partial charge in [-0.3, -0.25) is 9.59 Å². The van der Waals surface area contributed by atoms with E-state index in [0.717, 1.165) is 6.07 Å². The number of benzene rings is 2. The molecule has 0 amide bonds. The van der Waals surface area contributed by atoms with Crippen molar-refractivity contribution in [3.05, 3.63) is 75.7 Å². The Hall–Kier alpha value is -4.15. The summed E-state index contributed by atoms with van der Waals surface area (Å²) in [5, 5.41) is 22.1. The summed E-state index contributed by atoms with van der Waals surface area (Å²) in [5.41, 5.74) is 0.420. The molecule has 2 aliphatic rings. The van der Waals surface area contributed by atoms with Gasteiger partial charge in [-0.15, -0.1) is 0 Å². The lowest BCUT2D eigenvalue weighted by atomic mass is 9.85. The number of phenols is 2. The van der Waals surface area contributed by atoms with Crippen LogP contribution in [-0.4, -0.2) is 70.4 Å². The van der Waals surface area contributed by atoms with Crippen molar-refractivity contribution < 1.29 is 24.2 Å². The molecule has 218 valence electrons. The number of ether oxygens (including phenoxy) is 1. The Morgan fingerprint density at radius 2 is 1.76 bits per heavy atom. The van der Waals surface area contributed by atoms with E-state index >= 15 is 0 Å². The molecule has 2 saturated heterocycles. The van der Waals surface area contributed by atoms with Gasteiger partial charge in [-0.25, -0.2) is 9.97 Å². The highest BCUT2D eigenvalue weighted by Crippen LogP contribution is 2.44. The van der Waals surface area contributed by atoms with Crippen LogP contribution in [0.25, 0.3) is 22.3 Å². The van der Waals surface area contributed by atoms with E-state index in [9.17, 15) is 19.8 Å². The zero-order chi connectivity index (χ0) is 29.4. The molecule has 42 heavy (non-hydrogen) atoms. The first-order chi connectivity index (χ1) is 20.3. The Morgan fingerprint density at radius 3 is 2.50 bits per heavy atom.